The number of halogens is 3. The molecule has 1 aliphatic carbocycles. The predicted molar refractivity (Wildman–Crippen MR) is 135 cm³/mol. The lowest BCUT2D eigenvalue weighted by molar-refractivity contribution is -0.143. The molecule has 2 saturated heterocycles. The highest BCUT2D eigenvalue weighted by Crippen LogP contribution is 2.58. The standard InChI is InChI=1S/C27H33F3N4O3/c1-16-3-4-21(32-25(36)34-6-5-18(12-34)10-27(28,29)30)9-22(16)19-7-23(26-11-20(26)14-37-15-26)33-24(8-19)31-17(2)13-35/h3-4,7-9,17-18,20,35H,5-6,10-15H2,1-2H3,(H,31,33)(H,32,36)/t17-,18?,20+,26+/m1/s1. The number of pyridine rings is 1. The van der Waals surface area contributed by atoms with E-state index in [0.29, 0.717) is 37.0 Å². The van der Waals surface area contributed by atoms with Gasteiger partial charge in [-0.1, -0.05) is 6.07 Å². The Hall–Kier alpha value is -2.85. The van der Waals surface area contributed by atoms with Crippen molar-refractivity contribution in [2.75, 3.05) is 43.5 Å². The van der Waals surface area contributed by atoms with Crippen molar-refractivity contribution in [1.82, 2.24) is 9.88 Å². The van der Waals surface area contributed by atoms with Crippen LogP contribution in [0.1, 0.15) is 37.4 Å². The van der Waals surface area contributed by atoms with Crippen LogP contribution in [0, 0.1) is 18.8 Å². The fourth-order valence-corrected chi connectivity index (χ4v) is 5.58. The van der Waals surface area contributed by atoms with Crippen LogP contribution >= 0.6 is 0 Å². The minimum atomic E-state index is -4.22. The van der Waals surface area contributed by atoms with Gasteiger partial charge in [-0.05, 0) is 79.5 Å². The van der Waals surface area contributed by atoms with Gasteiger partial charge in [0.2, 0.25) is 0 Å². The number of aliphatic hydroxyl groups is 1. The molecule has 37 heavy (non-hydrogen) atoms. The minimum Gasteiger partial charge on any atom is -0.394 e. The molecule has 1 saturated carbocycles. The molecule has 1 unspecified atom stereocenters. The lowest BCUT2D eigenvalue weighted by Crippen LogP contribution is -2.33. The van der Waals surface area contributed by atoms with Crippen molar-refractivity contribution >= 4 is 17.5 Å². The molecule has 2 aromatic rings. The molecule has 5 rings (SSSR count). The number of hydrogen-bond donors (Lipinski definition) is 3. The van der Waals surface area contributed by atoms with E-state index in [1.807, 2.05) is 32.0 Å². The largest absolute Gasteiger partial charge is 0.394 e. The zero-order chi connectivity index (χ0) is 26.4. The van der Waals surface area contributed by atoms with Crippen molar-refractivity contribution < 1.29 is 27.8 Å². The first-order chi connectivity index (χ1) is 17.6. The number of aromatic nitrogens is 1. The summed E-state index contributed by atoms with van der Waals surface area (Å²) in [7, 11) is 0. The maximum Gasteiger partial charge on any atom is 0.389 e. The molecule has 200 valence electrons. The third kappa shape index (κ3) is 5.55. The first kappa shape index (κ1) is 25.8. The lowest BCUT2D eigenvalue weighted by Gasteiger charge is -2.20. The number of fused-ring (bicyclic) bond motifs is 1. The molecule has 0 spiro atoms. The van der Waals surface area contributed by atoms with Crippen LogP contribution in [0.3, 0.4) is 0 Å². The lowest BCUT2D eigenvalue weighted by atomic mass is 9.95. The van der Waals surface area contributed by atoms with Crippen molar-refractivity contribution in [2.45, 2.75) is 50.7 Å². The number of aryl methyl sites for hydroxylation is 1. The predicted octanol–water partition coefficient (Wildman–Crippen LogP) is 4.94. The summed E-state index contributed by atoms with van der Waals surface area (Å²) < 4.78 is 44.0. The number of carbonyl (C=O) groups is 1. The van der Waals surface area contributed by atoms with Gasteiger partial charge in [-0.25, -0.2) is 9.78 Å². The third-order valence-corrected chi connectivity index (χ3v) is 7.81. The van der Waals surface area contributed by atoms with Crippen LogP contribution in [0.15, 0.2) is 30.3 Å². The molecule has 4 atom stereocenters. The fraction of sp³-hybridized carbons (Fsp3) is 0.556. The topological polar surface area (TPSA) is 86.7 Å². The van der Waals surface area contributed by atoms with Crippen LogP contribution in [-0.2, 0) is 10.2 Å². The van der Waals surface area contributed by atoms with E-state index in [1.54, 1.807) is 6.07 Å². The number of likely N-dealkylation sites (tertiary alicyclic amines) is 1. The number of ether oxygens (including phenoxy) is 1. The molecule has 0 radical (unpaired) electrons. The number of urea groups is 1. The number of nitrogens with one attached hydrogen (secondary N) is 2. The molecular formula is C27H33F3N4O3. The maximum absolute atomic E-state index is 12.8. The quantitative estimate of drug-likeness (QED) is 0.483. The summed E-state index contributed by atoms with van der Waals surface area (Å²) in [6.45, 7) is 5.63. The number of rotatable bonds is 7. The summed E-state index contributed by atoms with van der Waals surface area (Å²) in [4.78, 5) is 19.1. The monoisotopic (exact) mass is 518 g/mol. The molecule has 2 aliphatic heterocycles. The second-order valence-electron chi connectivity index (χ2n) is 10.8. The SMILES string of the molecule is Cc1ccc(NC(=O)N2CCC(CC(F)(F)F)C2)cc1-c1cc(N[C@H](C)CO)nc([C@@]23COC[C@@H]2C3)c1. The van der Waals surface area contributed by atoms with Crippen LogP contribution in [0.4, 0.5) is 29.5 Å². The van der Waals surface area contributed by atoms with Crippen LogP contribution in [0.25, 0.3) is 11.1 Å². The highest BCUT2D eigenvalue weighted by Gasteiger charge is 2.60. The highest BCUT2D eigenvalue weighted by molar-refractivity contribution is 5.90. The van der Waals surface area contributed by atoms with Gasteiger partial charge in [-0.2, -0.15) is 13.2 Å². The molecule has 10 heteroatoms. The van der Waals surface area contributed by atoms with Gasteiger partial charge in [0.05, 0.1) is 25.5 Å². The summed E-state index contributed by atoms with van der Waals surface area (Å²) >= 11 is 0. The zero-order valence-electron chi connectivity index (χ0n) is 21.1. The van der Waals surface area contributed by atoms with Crippen molar-refractivity contribution in [3.05, 3.63) is 41.6 Å². The van der Waals surface area contributed by atoms with Gasteiger partial charge in [0.25, 0.3) is 0 Å². The Morgan fingerprint density at radius 2 is 2.14 bits per heavy atom. The summed E-state index contributed by atoms with van der Waals surface area (Å²) in [6, 6.07) is 9.07. The minimum absolute atomic E-state index is 0.0288. The Labute approximate surface area is 214 Å². The highest BCUT2D eigenvalue weighted by atomic mass is 19.4. The van der Waals surface area contributed by atoms with Gasteiger partial charge >= 0.3 is 12.2 Å². The number of alkyl halides is 3. The molecule has 1 aromatic carbocycles. The van der Waals surface area contributed by atoms with E-state index in [9.17, 15) is 23.1 Å². The fourth-order valence-electron chi connectivity index (χ4n) is 5.58. The number of nitrogens with zero attached hydrogens (tertiary/aromatic N) is 2. The number of hydrogen-bond acceptors (Lipinski definition) is 5. The van der Waals surface area contributed by atoms with Crippen LogP contribution < -0.4 is 10.6 Å². The Morgan fingerprint density at radius 1 is 1.32 bits per heavy atom. The Balaban J connectivity index is 1.38. The Kier molecular flexibility index (Phi) is 6.83. The van der Waals surface area contributed by atoms with E-state index in [0.717, 1.165) is 35.4 Å². The van der Waals surface area contributed by atoms with E-state index in [-0.39, 0.29) is 24.6 Å². The average Bonchev–Trinajstić information content (AvgIpc) is 3.14. The first-order valence-electron chi connectivity index (χ1n) is 12.8. The number of amides is 2. The summed E-state index contributed by atoms with van der Waals surface area (Å²) in [5.41, 5.74) is 4.33. The van der Waals surface area contributed by atoms with E-state index in [4.69, 9.17) is 9.72 Å². The average molecular weight is 519 g/mol. The molecule has 3 fully saturated rings. The molecule has 2 amide bonds. The zero-order valence-corrected chi connectivity index (χ0v) is 21.1. The van der Waals surface area contributed by atoms with Crippen molar-refractivity contribution in [2.24, 2.45) is 11.8 Å². The molecule has 3 N–H and O–H groups in total. The van der Waals surface area contributed by atoms with Gasteiger partial charge in [-0.15, -0.1) is 0 Å². The number of benzene rings is 1. The van der Waals surface area contributed by atoms with Gasteiger partial charge in [-0.3, -0.25) is 0 Å². The van der Waals surface area contributed by atoms with E-state index in [1.165, 1.54) is 4.90 Å². The van der Waals surface area contributed by atoms with E-state index >= 15 is 0 Å². The van der Waals surface area contributed by atoms with Crippen LogP contribution in [0.5, 0.6) is 0 Å². The molecule has 3 aliphatic rings. The summed E-state index contributed by atoms with van der Waals surface area (Å²) in [6.07, 6.45) is -3.70. The first-order valence-corrected chi connectivity index (χ1v) is 12.8. The second kappa shape index (κ2) is 9.79. The molecule has 1 aromatic heterocycles. The normalized spacial score (nSPS) is 25.6. The molecule has 3 heterocycles. The van der Waals surface area contributed by atoms with Gasteiger partial charge in [0, 0.05) is 36.7 Å². The van der Waals surface area contributed by atoms with Gasteiger partial charge in [0.15, 0.2) is 0 Å². The molecular weight excluding hydrogens is 485 g/mol. The molecule has 0 bridgehead atoms. The number of carbonyl (C=O) groups excluding carboxylic acids is 1. The maximum atomic E-state index is 12.8. The van der Waals surface area contributed by atoms with Crippen molar-refractivity contribution in [1.29, 1.82) is 0 Å². The van der Waals surface area contributed by atoms with E-state index in [2.05, 4.69) is 16.7 Å². The van der Waals surface area contributed by atoms with Gasteiger partial charge in [0.1, 0.15) is 5.82 Å². The van der Waals surface area contributed by atoms with Gasteiger partial charge < -0.3 is 25.4 Å². The van der Waals surface area contributed by atoms with Crippen molar-refractivity contribution in [3.8, 4) is 11.1 Å². The summed E-state index contributed by atoms with van der Waals surface area (Å²) in [5, 5.41) is 15.7. The van der Waals surface area contributed by atoms with Crippen LogP contribution in [-0.4, -0.2) is 66.1 Å². The van der Waals surface area contributed by atoms with E-state index < -0.39 is 24.5 Å². The number of aliphatic hydroxyl groups excluding tert-OH is 1. The second-order valence-corrected chi connectivity index (χ2v) is 10.8. The molecule has 7 nitrogen and oxygen atoms in total. The summed E-state index contributed by atoms with van der Waals surface area (Å²) in [5.74, 6) is 0.571. The Morgan fingerprint density at radius 3 is 2.81 bits per heavy atom. The van der Waals surface area contributed by atoms with Crippen LogP contribution in [0.2, 0.25) is 0 Å². The number of anilines is 2. The smallest absolute Gasteiger partial charge is 0.389 e. The Bertz CT molecular complexity index is 1170. The third-order valence-electron chi connectivity index (χ3n) is 7.81. The van der Waals surface area contributed by atoms with Crippen molar-refractivity contribution in [3.63, 3.8) is 0 Å².